The monoisotopic (exact) mass is 320 g/mol. The van der Waals surface area contributed by atoms with Crippen LogP contribution in [0.4, 0.5) is 0 Å². The maximum Gasteiger partial charge on any atom is 0.232 e. The average molecular weight is 322 g/mol. The third-order valence-electron chi connectivity index (χ3n) is 2.41. The lowest BCUT2D eigenvalue weighted by Crippen LogP contribution is -2.45. The molecule has 0 aromatic carbocycles. The summed E-state index contributed by atoms with van der Waals surface area (Å²) in [5.74, 6) is 0.441. The van der Waals surface area contributed by atoms with Gasteiger partial charge in [-0.05, 0) is 28.9 Å². The summed E-state index contributed by atoms with van der Waals surface area (Å²) in [7, 11) is 0. The van der Waals surface area contributed by atoms with Crippen molar-refractivity contribution < 1.29 is 9.47 Å². The maximum atomic E-state index is 6.00. The molecule has 0 radical (unpaired) electrons. The zero-order valence-electron chi connectivity index (χ0n) is 9.45. The highest BCUT2D eigenvalue weighted by molar-refractivity contribution is 9.10. The molecule has 2 unspecified atom stereocenters. The zero-order chi connectivity index (χ0) is 12.3. The van der Waals surface area contributed by atoms with Crippen molar-refractivity contribution in [2.75, 3.05) is 19.7 Å². The van der Waals surface area contributed by atoms with Gasteiger partial charge in [-0.1, -0.05) is 11.6 Å². The van der Waals surface area contributed by atoms with Gasteiger partial charge in [0.25, 0.3) is 0 Å². The number of ether oxygens (including phenoxy) is 2. The van der Waals surface area contributed by atoms with Crippen LogP contribution in [0.3, 0.4) is 0 Å². The van der Waals surface area contributed by atoms with E-state index in [1.54, 1.807) is 12.3 Å². The summed E-state index contributed by atoms with van der Waals surface area (Å²) in [5.41, 5.74) is 0. The highest BCUT2D eigenvalue weighted by atomic mass is 79.9. The van der Waals surface area contributed by atoms with Crippen LogP contribution in [0.2, 0.25) is 5.02 Å². The minimum Gasteiger partial charge on any atom is -0.474 e. The Morgan fingerprint density at radius 2 is 2.47 bits per heavy atom. The number of rotatable bonds is 3. The number of halogens is 2. The van der Waals surface area contributed by atoms with Crippen LogP contribution in [-0.2, 0) is 4.74 Å². The molecule has 2 atom stereocenters. The number of aromatic nitrogens is 1. The molecule has 2 rings (SSSR count). The lowest BCUT2D eigenvalue weighted by molar-refractivity contribution is -0.0476. The van der Waals surface area contributed by atoms with Gasteiger partial charge in [-0.15, -0.1) is 0 Å². The van der Waals surface area contributed by atoms with Gasteiger partial charge in [0.2, 0.25) is 5.88 Å². The third kappa shape index (κ3) is 3.81. The Hall–Kier alpha value is -0.360. The summed E-state index contributed by atoms with van der Waals surface area (Å²) in [6.07, 6.45) is 1.91. The fourth-order valence-electron chi connectivity index (χ4n) is 1.65. The third-order valence-corrected chi connectivity index (χ3v) is 3.11. The van der Waals surface area contributed by atoms with Crippen LogP contribution in [0.15, 0.2) is 16.7 Å². The minimum atomic E-state index is 0.0419. The van der Waals surface area contributed by atoms with Crippen LogP contribution < -0.4 is 10.1 Å². The van der Waals surface area contributed by atoms with Gasteiger partial charge in [-0.2, -0.15) is 0 Å². The molecule has 0 spiro atoms. The van der Waals surface area contributed by atoms with E-state index in [1.165, 1.54) is 0 Å². The Morgan fingerprint density at radius 3 is 3.18 bits per heavy atom. The van der Waals surface area contributed by atoms with Gasteiger partial charge < -0.3 is 14.8 Å². The summed E-state index contributed by atoms with van der Waals surface area (Å²) >= 11 is 9.30. The SMILES string of the molecule is CC1CNCC(COc2ncc(Br)cc2Cl)O1. The van der Waals surface area contributed by atoms with E-state index in [9.17, 15) is 0 Å². The summed E-state index contributed by atoms with van der Waals surface area (Å²) in [5, 5.41) is 3.78. The molecular weight excluding hydrogens is 307 g/mol. The molecule has 1 aliphatic heterocycles. The number of pyridine rings is 1. The standard InChI is InChI=1S/C11H14BrClN2O2/c1-7-3-14-5-9(17-7)6-16-11-10(13)2-8(12)4-15-11/h2,4,7,9,14H,3,5-6H2,1H3. The summed E-state index contributed by atoms with van der Waals surface area (Å²) < 4.78 is 12.1. The predicted octanol–water partition coefficient (Wildman–Crippen LogP) is 2.25. The maximum absolute atomic E-state index is 6.00. The smallest absolute Gasteiger partial charge is 0.232 e. The zero-order valence-corrected chi connectivity index (χ0v) is 11.8. The molecule has 94 valence electrons. The van der Waals surface area contributed by atoms with Gasteiger partial charge in [0.15, 0.2) is 0 Å². The van der Waals surface area contributed by atoms with Crippen LogP contribution in [0.1, 0.15) is 6.92 Å². The van der Waals surface area contributed by atoms with E-state index >= 15 is 0 Å². The quantitative estimate of drug-likeness (QED) is 0.927. The molecule has 17 heavy (non-hydrogen) atoms. The molecule has 1 fully saturated rings. The fraction of sp³-hybridized carbons (Fsp3) is 0.545. The second-order valence-electron chi connectivity index (χ2n) is 3.98. The molecule has 1 aromatic heterocycles. The first-order valence-electron chi connectivity index (χ1n) is 5.45. The van der Waals surface area contributed by atoms with E-state index < -0.39 is 0 Å². The largest absolute Gasteiger partial charge is 0.474 e. The van der Waals surface area contributed by atoms with Gasteiger partial charge in [-0.3, -0.25) is 0 Å². The molecule has 6 heteroatoms. The van der Waals surface area contributed by atoms with Crippen LogP contribution in [0.5, 0.6) is 5.88 Å². The number of hydrogen-bond donors (Lipinski definition) is 1. The van der Waals surface area contributed by atoms with E-state index in [0.717, 1.165) is 17.6 Å². The van der Waals surface area contributed by atoms with Crippen molar-refractivity contribution >= 4 is 27.5 Å². The van der Waals surface area contributed by atoms with E-state index in [1.807, 2.05) is 6.92 Å². The van der Waals surface area contributed by atoms with Crippen molar-refractivity contribution in [2.24, 2.45) is 0 Å². The van der Waals surface area contributed by atoms with Gasteiger partial charge in [-0.25, -0.2) is 4.98 Å². The highest BCUT2D eigenvalue weighted by Crippen LogP contribution is 2.25. The molecular formula is C11H14BrClN2O2. The van der Waals surface area contributed by atoms with Crippen molar-refractivity contribution in [3.63, 3.8) is 0 Å². The van der Waals surface area contributed by atoms with Crippen molar-refractivity contribution in [1.29, 1.82) is 0 Å². The average Bonchev–Trinajstić information content (AvgIpc) is 2.28. The molecule has 0 aliphatic carbocycles. The van der Waals surface area contributed by atoms with Gasteiger partial charge >= 0.3 is 0 Å². The van der Waals surface area contributed by atoms with Gasteiger partial charge in [0.1, 0.15) is 17.7 Å². The van der Waals surface area contributed by atoms with Gasteiger partial charge in [0.05, 0.1) is 6.10 Å². The first kappa shape index (κ1) is 13.1. The Bertz CT molecular complexity index is 392. The lowest BCUT2D eigenvalue weighted by Gasteiger charge is -2.28. The van der Waals surface area contributed by atoms with Crippen LogP contribution in [-0.4, -0.2) is 36.9 Å². The first-order valence-corrected chi connectivity index (χ1v) is 6.62. The van der Waals surface area contributed by atoms with Crippen molar-refractivity contribution in [3.05, 3.63) is 21.8 Å². The normalized spacial score (nSPS) is 24.6. The Morgan fingerprint density at radius 1 is 1.65 bits per heavy atom. The molecule has 1 saturated heterocycles. The van der Waals surface area contributed by atoms with Gasteiger partial charge in [0, 0.05) is 23.8 Å². The van der Waals surface area contributed by atoms with Crippen LogP contribution in [0.25, 0.3) is 0 Å². The topological polar surface area (TPSA) is 43.4 Å². The predicted molar refractivity (Wildman–Crippen MR) is 69.6 cm³/mol. The van der Waals surface area contributed by atoms with Crippen molar-refractivity contribution in [1.82, 2.24) is 10.3 Å². The summed E-state index contributed by atoms with van der Waals surface area (Å²) in [6, 6.07) is 1.76. The van der Waals surface area contributed by atoms with E-state index in [2.05, 4.69) is 26.2 Å². The Labute approximate surface area is 114 Å². The lowest BCUT2D eigenvalue weighted by atomic mass is 10.2. The molecule has 0 bridgehead atoms. The fourth-order valence-corrected chi connectivity index (χ4v) is 2.33. The second kappa shape index (κ2) is 6.00. The molecule has 0 amide bonds. The van der Waals surface area contributed by atoms with Crippen LogP contribution >= 0.6 is 27.5 Å². The molecule has 1 aromatic rings. The van der Waals surface area contributed by atoms with Crippen molar-refractivity contribution in [2.45, 2.75) is 19.1 Å². The number of nitrogens with one attached hydrogen (secondary N) is 1. The molecule has 0 saturated carbocycles. The number of hydrogen-bond acceptors (Lipinski definition) is 4. The van der Waals surface area contributed by atoms with E-state index in [-0.39, 0.29) is 12.2 Å². The molecule has 4 nitrogen and oxygen atoms in total. The minimum absolute atomic E-state index is 0.0419. The number of morpholine rings is 1. The Kier molecular flexibility index (Phi) is 4.62. The van der Waals surface area contributed by atoms with Crippen molar-refractivity contribution in [3.8, 4) is 5.88 Å². The number of nitrogens with zero attached hydrogens (tertiary/aromatic N) is 1. The molecule has 2 heterocycles. The molecule has 1 aliphatic rings. The highest BCUT2D eigenvalue weighted by Gasteiger charge is 2.19. The summed E-state index contributed by atoms with van der Waals surface area (Å²) in [6.45, 7) is 4.15. The Balaban J connectivity index is 1.88. The molecule has 1 N–H and O–H groups in total. The van der Waals surface area contributed by atoms with Crippen LogP contribution in [0, 0.1) is 0 Å². The first-order chi connectivity index (χ1) is 8.15. The van der Waals surface area contributed by atoms with E-state index in [0.29, 0.717) is 17.5 Å². The summed E-state index contributed by atoms with van der Waals surface area (Å²) in [4.78, 5) is 4.10. The van der Waals surface area contributed by atoms with E-state index in [4.69, 9.17) is 21.1 Å². The second-order valence-corrected chi connectivity index (χ2v) is 5.30.